The first-order chi connectivity index (χ1) is 13.0. The molecule has 0 unspecified atom stereocenters. The lowest BCUT2D eigenvalue weighted by atomic mass is 10.1. The van der Waals surface area contributed by atoms with E-state index in [1.54, 1.807) is 29.2 Å². The van der Waals surface area contributed by atoms with Crippen molar-refractivity contribution in [2.24, 2.45) is 7.05 Å². The quantitative estimate of drug-likeness (QED) is 0.725. The van der Waals surface area contributed by atoms with Gasteiger partial charge >= 0.3 is 0 Å². The Morgan fingerprint density at radius 1 is 1.04 bits per heavy atom. The van der Waals surface area contributed by atoms with Crippen molar-refractivity contribution in [2.45, 2.75) is 24.2 Å². The molecule has 142 valence electrons. The lowest BCUT2D eigenvalue weighted by Crippen LogP contribution is -2.30. The van der Waals surface area contributed by atoms with Gasteiger partial charge in [0.2, 0.25) is 0 Å². The first-order valence-electron chi connectivity index (χ1n) is 8.92. The zero-order valence-corrected chi connectivity index (χ0v) is 16.6. The number of aromatic nitrogens is 1. The number of anilines is 2. The molecule has 0 bridgehead atoms. The van der Waals surface area contributed by atoms with E-state index < -0.39 is 10.0 Å². The molecule has 1 N–H and O–H groups in total. The summed E-state index contributed by atoms with van der Waals surface area (Å²) >= 11 is 1.07. The number of piperidine rings is 1. The number of rotatable bonds is 4. The van der Waals surface area contributed by atoms with Crippen LogP contribution in [0.25, 0.3) is 10.9 Å². The highest BCUT2D eigenvalue weighted by molar-refractivity contribution is 7.92. The van der Waals surface area contributed by atoms with Crippen LogP contribution in [0.5, 0.6) is 0 Å². The van der Waals surface area contributed by atoms with Crippen molar-refractivity contribution in [1.29, 1.82) is 0 Å². The monoisotopic (exact) mass is 403 g/mol. The molecule has 2 aromatic carbocycles. The molecule has 0 spiro atoms. The van der Waals surface area contributed by atoms with Gasteiger partial charge in [-0.1, -0.05) is 12.1 Å². The molecule has 8 heteroatoms. The summed E-state index contributed by atoms with van der Waals surface area (Å²) in [5, 5.41) is 0.426. The molecule has 4 rings (SSSR count). The molecular weight excluding hydrogens is 382 g/mol. The van der Waals surface area contributed by atoms with Gasteiger partial charge in [-0.3, -0.25) is 13.5 Å². The van der Waals surface area contributed by atoms with Crippen molar-refractivity contribution >= 4 is 43.8 Å². The van der Waals surface area contributed by atoms with E-state index in [9.17, 15) is 13.2 Å². The Bertz CT molecular complexity index is 1140. The van der Waals surface area contributed by atoms with Gasteiger partial charge in [-0.15, -0.1) is 0 Å². The van der Waals surface area contributed by atoms with Crippen LogP contribution < -0.4 is 14.4 Å². The second kappa shape index (κ2) is 7.01. The third kappa shape index (κ3) is 3.46. The molecule has 1 aliphatic rings. The van der Waals surface area contributed by atoms with E-state index >= 15 is 0 Å². The van der Waals surface area contributed by atoms with Gasteiger partial charge in [-0.05, 0) is 61.1 Å². The van der Waals surface area contributed by atoms with Gasteiger partial charge in [0.1, 0.15) is 0 Å². The van der Waals surface area contributed by atoms with Crippen LogP contribution in [-0.2, 0) is 17.1 Å². The molecule has 0 aliphatic carbocycles. The zero-order valence-electron chi connectivity index (χ0n) is 15.0. The predicted molar refractivity (Wildman–Crippen MR) is 110 cm³/mol. The summed E-state index contributed by atoms with van der Waals surface area (Å²) < 4.78 is 30.2. The lowest BCUT2D eigenvalue weighted by molar-refractivity contribution is 0.578. The Hall–Kier alpha value is -2.32. The molecule has 2 heterocycles. The number of sulfonamides is 1. The fraction of sp³-hybridized carbons (Fsp3) is 0.316. The molecule has 1 aliphatic heterocycles. The fourth-order valence-electron chi connectivity index (χ4n) is 3.52. The van der Waals surface area contributed by atoms with Crippen LogP contribution in [-0.4, -0.2) is 25.5 Å². The van der Waals surface area contributed by atoms with Crippen molar-refractivity contribution in [3.05, 3.63) is 52.0 Å². The number of benzene rings is 2. The smallest absolute Gasteiger partial charge is 0.261 e. The van der Waals surface area contributed by atoms with Crippen molar-refractivity contribution in [2.75, 3.05) is 22.7 Å². The van der Waals surface area contributed by atoms with Gasteiger partial charge in [0.25, 0.3) is 14.8 Å². The Morgan fingerprint density at radius 2 is 1.78 bits per heavy atom. The normalized spacial score (nSPS) is 15.2. The summed E-state index contributed by atoms with van der Waals surface area (Å²) in [6.45, 7) is 1.85. The summed E-state index contributed by atoms with van der Waals surface area (Å²) in [4.78, 5) is 14.4. The average Bonchev–Trinajstić information content (AvgIpc) is 2.96. The number of aryl methyl sites for hydroxylation is 1. The van der Waals surface area contributed by atoms with Crippen LogP contribution in [0, 0.1) is 0 Å². The van der Waals surface area contributed by atoms with E-state index in [0.29, 0.717) is 11.1 Å². The summed E-state index contributed by atoms with van der Waals surface area (Å²) in [6, 6.07) is 12.1. The number of hydrogen-bond donors (Lipinski definition) is 1. The van der Waals surface area contributed by atoms with Gasteiger partial charge in [0.05, 0.1) is 27.2 Å². The fourth-order valence-corrected chi connectivity index (χ4v) is 5.39. The number of hydrogen-bond acceptors (Lipinski definition) is 5. The maximum absolute atomic E-state index is 13.0. The molecule has 27 heavy (non-hydrogen) atoms. The topological polar surface area (TPSA) is 71.4 Å². The maximum Gasteiger partial charge on any atom is 0.261 e. The minimum absolute atomic E-state index is 0.0962. The minimum Gasteiger partial charge on any atom is -0.370 e. The molecule has 0 amide bonds. The van der Waals surface area contributed by atoms with Gasteiger partial charge in [-0.2, -0.15) is 0 Å². The molecule has 1 aromatic heterocycles. The third-order valence-corrected chi connectivity index (χ3v) is 7.12. The van der Waals surface area contributed by atoms with E-state index in [4.69, 9.17) is 0 Å². The van der Waals surface area contributed by atoms with Gasteiger partial charge < -0.3 is 4.90 Å². The molecule has 0 atom stereocenters. The number of nitrogens with one attached hydrogen (secondary N) is 1. The molecule has 6 nitrogen and oxygen atoms in total. The van der Waals surface area contributed by atoms with Crippen molar-refractivity contribution in [1.82, 2.24) is 3.96 Å². The molecule has 1 fully saturated rings. The lowest BCUT2D eigenvalue weighted by Gasteiger charge is -2.30. The van der Waals surface area contributed by atoms with Crippen molar-refractivity contribution in [3.63, 3.8) is 0 Å². The Balaban J connectivity index is 1.70. The average molecular weight is 404 g/mol. The number of fused-ring (bicyclic) bond motifs is 1. The SMILES string of the molecule is Cn1sc(=O)c2cc(S(=O)(=O)Nc3ccccc3N3CCCCC3)ccc21. The second-order valence-corrected chi connectivity index (χ2v) is 9.51. The second-order valence-electron chi connectivity index (χ2n) is 6.73. The van der Waals surface area contributed by atoms with E-state index in [2.05, 4.69) is 9.62 Å². The summed E-state index contributed by atoms with van der Waals surface area (Å²) in [5.41, 5.74) is 2.20. The molecular formula is C19H21N3O3S2. The molecule has 1 saturated heterocycles. The Morgan fingerprint density at radius 3 is 2.56 bits per heavy atom. The molecule has 0 saturated carbocycles. The highest BCUT2D eigenvalue weighted by Gasteiger charge is 2.20. The number of para-hydroxylation sites is 2. The van der Waals surface area contributed by atoms with E-state index in [1.165, 1.54) is 12.5 Å². The molecule has 0 radical (unpaired) electrons. The summed E-state index contributed by atoms with van der Waals surface area (Å²) in [5.74, 6) is 0. The van der Waals surface area contributed by atoms with E-state index in [0.717, 1.165) is 48.7 Å². The first-order valence-corrected chi connectivity index (χ1v) is 11.2. The standard InChI is InChI=1S/C19H21N3O3S2/c1-21-17-10-9-14(13-15(17)19(23)26-21)27(24,25)20-16-7-3-4-8-18(16)22-11-5-2-6-12-22/h3-4,7-10,13,20H,2,5-6,11-12H2,1H3. The molecule has 3 aromatic rings. The Kier molecular flexibility index (Phi) is 4.69. The zero-order chi connectivity index (χ0) is 19.0. The van der Waals surface area contributed by atoms with Crippen LogP contribution in [0.2, 0.25) is 0 Å². The van der Waals surface area contributed by atoms with Gasteiger partial charge in [0.15, 0.2) is 0 Å². The Labute approximate surface area is 162 Å². The van der Waals surface area contributed by atoms with E-state index in [-0.39, 0.29) is 9.64 Å². The maximum atomic E-state index is 13.0. The van der Waals surface area contributed by atoms with E-state index in [1.807, 2.05) is 18.2 Å². The minimum atomic E-state index is -3.79. The first kappa shape index (κ1) is 18.1. The van der Waals surface area contributed by atoms with Crippen molar-refractivity contribution < 1.29 is 8.42 Å². The van der Waals surface area contributed by atoms with Gasteiger partial charge in [0, 0.05) is 20.1 Å². The van der Waals surface area contributed by atoms with Crippen LogP contribution in [0.4, 0.5) is 11.4 Å². The number of nitrogens with zero attached hydrogens (tertiary/aromatic N) is 2. The van der Waals surface area contributed by atoms with Crippen LogP contribution in [0.3, 0.4) is 0 Å². The van der Waals surface area contributed by atoms with Crippen LogP contribution >= 0.6 is 11.5 Å². The van der Waals surface area contributed by atoms with Crippen LogP contribution in [0.15, 0.2) is 52.2 Å². The summed E-state index contributed by atoms with van der Waals surface area (Å²) in [7, 11) is -2.01. The predicted octanol–water partition coefficient (Wildman–Crippen LogP) is 3.39. The van der Waals surface area contributed by atoms with Gasteiger partial charge in [-0.25, -0.2) is 8.42 Å². The highest BCUT2D eigenvalue weighted by Crippen LogP contribution is 2.30. The highest BCUT2D eigenvalue weighted by atomic mass is 32.2. The largest absolute Gasteiger partial charge is 0.370 e. The third-order valence-electron chi connectivity index (χ3n) is 4.90. The summed E-state index contributed by atoms with van der Waals surface area (Å²) in [6.07, 6.45) is 3.43. The van der Waals surface area contributed by atoms with Crippen molar-refractivity contribution in [3.8, 4) is 0 Å². The van der Waals surface area contributed by atoms with Crippen LogP contribution in [0.1, 0.15) is 19.3 Å².